The SMILES string of the molecule is COc1ccc(Br)cc1NCc1cc(Br)cc(Br)c1OC. The second kappa shape index (κ2) is 7.51. The lowest BCUT2D eigenvalue weighted by Crippen LogP contribution is -2.04. The van der Waals surface area contributed by atoms with Crippen molar-refractivity contribution in [2.24, 2.45) is 0 Å². The summed E-state index contributed by atoms with van der Waals surface area (Å²) < 4.78 is 13.7. The van der Waals surface area contributed by atoms with E-state index >= 15 is 0 Å². The molecular weight excluding hydrogens is 466 g/mol. The van der Waals surface area contributed by atoms with Gasteiger partial charge in [0.15, 0.2) is 0 Å². The Hall–Kier alpha value is -0.720. The standard InChI is InChI=1S/C15H14Br3NO2/c1-20-14-4-3-10(16)7-13(14)19-8-9-5-11(17)6-12(18)15(9)21-2/h3-7,19H,8H2,1-2H3. The van der Waals surface area contributed by atoms with Gasteiger partial charge >= 0.3 is 0 Å². The lowest BCUT2D eigenvalue weighted by atomic mass is 10.2. The number of benzene rings is 2. The van der Waals surface area contributed by atoms with E-state index in [1.165, 1.54) is 0 Å². The molecule has 0 atom stereocenters. The summed E-state index contributed by atoms with van der Waals surface area (Å²) in [6.45, 7) is 0.619. The zero-order chi connectivity index (χ0) is 15.4. The average Bonchev–Trinajstić information content (AvgIpc) is 2.44. The van der Waals surface area contributed by atoms with Gasteiger partial charge < -0.3 is 14.8 Å². The molecule has 1 N–H and O–H groups in total. The Bertz CT molecular complexity index is 647. The van der Waals surface area contributed by atoms with Crippen LogP contribution in [0.1, 0.15) is 5.56 Å². The molecule has 0 radical (unpaired) electrons. The fraction of sp³-hybridized carbons (Fsp3) is 0.200. The van der Waals surface area contributed by atoms with Gasteiger partial charge in [-0.05, 0) is 46.3 Å². The minimum Gasteiger partial charge on any atom is -0.495 e. The summed E-state index contributed by atoms with van der Waals surface area (Å²) in [5, 5.41) is 3.37. The summed E-state index contributed by atoms with van der Waals surface area (Å²) in [7, 11) is 3.32. The Kier molecular flexibility index (Phi) is 5.96. The van der Waals surface area contributed by atoms with Crippen LogP contribution in [-0.4, -0.2) is 14.2 Å². The minimum absolute atomic E-state index is 0.619. The zero-order valence-corrected chi connectivity index (χ0v) is 16.3. The lowest BCUT2D eigenvalue weighted by molar-refractivity contribution is 0.407. The summed E-state index contributed by atoms with van der Waals surface area (Å²) in [6, 6.07) is 9.84. The van der Waals surface area contributed by atoms with Crippen LogP contribution < -0.4 is 14.8 Å². The highest BCUT2D eigenvalue weighted by atomic mass is 79.9. The summed E-state index contributed by atoms with van der Waals surface area (Å²) >= 11 is 10.5. The molecule has 3 nitrogen and oxygen atoms in total. The van der Waals surface area contributed by atoms with Crippen molar-refractivity contribution < 1.29 is 9.47 Å². The number of rotatable bonds is 5. The van der Waals surface area contributed by atoms with Crippen LogP contribution in [0.25, 0.3) is 0 Å². The van der Waals surface area contributed by atoms with Gasteiger partial charge in [-0.1, -0.05) is 31.9 Å². The molecule has 0 heterocycles. The molecule has 112 valence electrons. The Labute approximate surface area is 149 Å². The summed E-state index contributed by atoms with van der Waals surface area (Å²) in [5.74, 6) is 1.62. The third kappa shape index (κ3) is 4.14. The Morgan fingerprint density at radius 2 is 1.71 bits per heavy atom. The van der Waals surface area contributed by atoms with Crippen LogP contribution in [0, 0.1) is 0 Å². The van der Waals surface area contributed by atoms with Crippen LogP contribution in [0.15, 0.2) is 43.7 Å². The first kappa shape index (κ1) is 16.6. The van der Waals surface area contributed by atoms with Crippen LogP contribution in [-0.2, 0) is 6.54 Å². The molecule has 0 amide bonds. The van der Waals surface area contributed by atoms with Crippen molar-refractivity contribution in [3.8, 4) is 11.5 Å². The second-order valence-electron chi connectivity index (χ2n) is 4.28. The number of ether oxygens (including phenoxy) is 2. The van der Waals surface area contributed by atoms with Gasteiger partial charge in [-0.25, -0.2) is 0 Å². The fourth-order valence-corrected chi connectivity index (χ4v) is 3.82. The van der Waals surface area contributed by atoms with E-state index in [1.54, 1.807) is 14.2 Å². The molecule has 0 fully saturated rings. The predicted octanol–water partition coefficient (Wildman–Crippen LogP) is 5.60. The maximum atomic E-state index is 5.45. The molecule has 0 bridgehead atoms. The summed E-state index contributed by atoms with van der Waals surface area (Å²) in [6.07, 6.45) is 0. The molecule has 0 aliphatic heterocycles. The van der Waals surface area contributed by atoms with Crippen molar-refractivity contribution in [1.82, 2.24) is 0 Å². The molecule has 0 aliphatic carbocycles. The van der Waals surface area contributed by atoms with Crippen LogP contribution >= 0.6 is 47.8 Å². The van der Waals surface area contributed by atoms with Crippen LogP contribution in [0.4, 0.5) is 5.69 Å². The Morgan fingerprint density at radius 3 is 2.38 bits per heavy atom. The molecule has 0 saturated carbocycles. The maximum absolute atomic E-state index is 5.45. The Morgan fingerprint density at radius 1 is 0.952 bits per heavy atom. The molecule has 6 heteroatoms. The van der Waals surface area contributed by atoms with Crippen molar-refractivity contribution in [2.45, 2.75) is 6.54 Å². The molecule has 0 unspecified atom stereocenters. The third-order valence-electron chi connectivity index (χ3n) is 2.92. The van der Waals surface area contributed by atoms with E-state index in [4.69, 9.17) is 9.47 Å². The first-order valence-corrected chi connectivity index (χ1v) is 8.52. The van der Waals surface area contributed by atoms with Gasteiger partial charge in [0.2, 0.25) is 0 Å². The van der Waals surface area contributed by atoms with E-state index in [0.29, 0.717) is 6.54 Å². The largest absolute Gasteiger partial charge is 0.495 e. The molecular formula is C15H14Br3NO2. The summed E-state index contributed by atoms with van der Waals surface area (Å²) in [4.78, 5) is 0. The molecule has 21 heavy (non-hydrogen) atoms. The molecule has 2 aromatic rings. The van der Waals surface area contributed by atoms with Crippen molar-refractivity contribution in [2.75, 3.05) is 19.5 Å². The third-order valence-corrected chi connectivity index (χ3v) is 4.46. The topological polar surface area (TPSA) is 30.5 Å². The monoisotopic (exact) mass is 477 g/mol. The van der Waals surface area contributed by atoms with Crippen LogP contribution in [0.3, 0.4) is 0 Å². The number of hydrogen-bond acceptors (Lipinski definition) is 3. The number of hydrogen-bond donors (Lipinski definition) is 1. The van der Waals surface area contributed by atoms with E-state index < -0.39 is 0 Å². The van der Waals surface area contributed by atoms with Gasteiger partial charge in [0.05, 0.1) is 24.4 Å². The van der Waals surface area contributed by atoms with Gasteiger partial charge in [-0.3, -0.25) is 0 Å². The lowest BCUT2D eigenvalue weighted by Gasteiger charge is -2.15. The molecule has 0 saturated heterocycles. The average molecular weight is 480 g/mol. The van der Waals surface area contributed by atoms with Gasteiger partial charge in [0.1, 0.15) is 11.5 Å². The van der Waals surface area contributed by atoms with Gasteiger partial charge in [0.25, 0.3) is 0 Å². The second-order valence-corrected chi connectivity index (χ2v) is 6.96. The van der Waals surface area contributed by atoms with Gasteiger partial charge in [-0.2, -0.15) is 0 Å². The summed E-state index contributed by atoms with van der Waals surface area (Å²) in [5.41, 5.74) is 1.96. The van der Waals surface area contributed by atoms with Crippen LogP contribution in [0.2, 0.25) is 0 Å². The highest BCUT2D eigenvalue weighted by molar-refractivity contribution is 9.11. The van der Waals surface area contributed by atoms with E-state index in [-0.39, 0.29) is 0 Å². The van der Waals surface area contributed by atoms with Crippen molar-refractivity contribution in [3.05, 3.63) is 49.3 Å². The van der Waals surface area contributed by atoms with Gasteiger partial charge in [0, 0.05) is 21.1 Å². The first-order chi connectivity index (χ1) is 10.0. The zero-order valence-electron chi connectivity index (χ0n) is 11.5. The predicted molar refractivity (Wildman–Crippen MR) is 96.4 cm³/mol. The molecule has 0 spiro atoms. The first-order valence-electron chi connectivity index (χ1n) is 6.14. The number of methoxy groups -OCH3 is 2. The molecule has 2 aromatic carbocycles. The molecule has 2 rings (SSSR count). The smallest absolute Gasteiger partial charge is 0.142 e. The van der Waals surface area contributed by atoms with Crippen molar-refractivity contribution >= 4 is 53.5 Å². The van der Waals surface area contributed by atoms with E-state index in [9.17, 15) is 0 Å². The van der Waals surface area contributed by atoms with E-state index in [1.807, 2.05) is 30.3 Å². The molecule has 0 aromatic heterocycles. The minimum atomic E-state index is 0.619. The maximum Gasteiger partial charge on any atom is 0.142 e. The highest BCUT2D eigenvalue weighted by Crippen LogP contribution is 2.34. The number of halogens is 3. The van der Waals surface area contributed by atoms with E-state index in [0.717, 1.165) is 36.2 Å². The van der Waals surface area contributed by atoms with Crippen molar-refractivity contribution in [1.29, 1.82) is 0 Å². The highest BCUT2D eigenvalue weighted by Gasteiger charge is 2.10. The normalized spacial score (nSPS) is 10.3. The quantitative estimate of drug-likeness (QED) is 0.605. The van der Waals surface area contributed by atoms with Gasteiger partial charge in [-0.15, -0.1) is 0 Å². The van der Waals surface area contributed by atoms with Crippen molar-refractivity contribution in [3.63, 3.8) is 0 Å². The fourth-order valence-electron chi connectivity index (χ4n) is 1.98. The van der Waals surface area contributed by atoms with E-state index in [2.05, 4.69) is 53.1 Å². The molecule has 0 aliphatic rings. The number of anilines is 1. The Balaban J connectivity index is 2.26. The number of nitrogens with one attached hydrogen (secondary N) is 1. The van der Waals surface area contributed by atoms with Crippen LogP contribution in [0.5, 0.6) is 11.5 Å².